The Morgan fingerprint density at radius 2 is 2.17 bits per heavy atom. The van der Waals surface area contributed by atoms with Gasteiger partial charge in [0.2, 0.25) is 0 Å². The van der Waals surface area contributed by atoms with Gasteiger partial charge in [0.15, 0.2) is 0 Å². The lowest BCUT2D eigenvalue weighted by atomic mass is 10.3. The van der Waals surface area contributed by atoms with Gasteiger partial charge in [0.05, 0.1) is 10.2 Å². The fourth-order valence-electron chi connectivity index (χ4n) is 0.932. The molecule has 12 heavy (non-hydrogen) atoms. The van der Waals surface area contributed by atoms with E-state index in [1.54, 1.807) is 6.20 Å². The zero-order chi connectivity index (χ0) is 9.14. The molecule has 0 amide bonds. The Balaban J connectivity index is 2.94. The van der Waals surface area contributed by atoms with Gasteiger partial charge < -0.3 is 4.90 Å². The zero-order valence-corrected chi connectivity index (χ0v) is 9.17. The van der Waals surface area contributed by atoms with Gasteiger partial charge in [-0.2, -0.15) is 0 Å². The van der Waals surface area contributed by atoms with Crippen LogP contribution in [0.4, 0.5) is 5.69 Å². The van der Waals surface area contributed by atoms with E-state index in [-0.39, 0.29) is 0 Å². The van der Waals surface area contributed by atoms with Crippen LogP contribution in [0.1, 0.15) is 13.8 Å². The first-order valence-corrected chi connectivity index (χ1v) is 4.74. The molecule has 66 valence electrons. The number of nitrogens with zero attached hydrogens (tertiary/aromatic N) is 2. The van der Waals surface area contributed by atoms with Crippen molar-refractivity contribution >= 4 is 21.6 Å². The smallest absolute Gasteiger partial charge is 0.0592 e. The lowest BCUT2D eigenvalue weighted by molar-refractivity contribution is 0.752. The Bertz CT molecular complexity index is 260. The van der Waals surface area contributed by atoms with Gasteiger partial charge in [0.1, 0.15) is 0 Å². The van der Waals surface area contributed by atoms with Crippen molar-refractivity contribution in [1.29, 1.82) is 0 Å². The highest BCUT2D eigenvalue weighted by Crippen LogP contribution is 2.24. The van der Waals surface area contributed by atoms with E-state index in [0.717, 1.165) is 4.47 Å². The molecule has 0 aliphatic carbocycles. The van der Waals surface area contributed by atoms with Crippen molar-refractivity contribution in [3.63, 3.8) is 0 Å². The minimum Gasteiger partial charge on any atom is -0.371 e. The number of aromatic nitrogens is 1. The number of rotatable bonds is 2. The third-order valence-corrected chi connectivity index (χ3v) is 2.52. The van der Waals surface area contributed by atoms with E-state index in [9.17, 15) is 0 Å². The van der Waals surface area contributed by atoms with E-state index >= 15 is 0 Å². The predicted molar refractivity (Wildman–Crippen MR) is 55.5 cm³/mol. The summed E-state index contributed by atoms with van der Waals surface area (Å²) < 4.78 is 1.04. The van der Waals surface area contributed by atoms with Crippen molar-refractivity contribution in [1.82, 2.24) is 4.98 Å². The van der Waals surface area contributed by atoms with Gasteiger partial charge >= 0.3 is 0 Å². The van der Waals surface area contributed by atoms with Crippen LogP contribution in [0.5, 0.6) is 0 Å². The van der Waals surface area contributed by atoms with E-state index in [2.05, 4.69) is 46.7 Å². The first-order valence-electron chi connectivity index (χ1n) is 3.95. The number of pyridine rings is 1. The maximum absolute atomic E-state index is 4.01. The standard InChI is InChI=1S/C9H13BrN2/c1-7(2)12(3)9-4-5-11-6-8(9)10/h4-7H,1-3H3. The Morgan fingerprint density at radius 1 is 1.50 bits per heavy atom. The molecule has 0 radical (unpaired) electrons. The molecule has 0 aromatic carbocycles. The van der Waals surface area contributed by atoms with E-state index < -0.39 is 0 Å². The minimum absolute atomic E-state index is 0.503. The average Bonchev–Trinajstić information content (AvgIpc) is 2.04. The summed E-state index contributed by atoms with van der Waals surface area (Å²) in [5.74, 6) is 0. The second kappa shape index (κ2) is 3.90. The molecule has 0 fully saturated rings. The molecule has 2 nitrogen and oxygen atoms in total. The summed E-state index contributed by atoms with van der Waals surface area (Å²) in [5, 5.41) is 0. The second-order valence-corrected chi connectivity index (χ2v) is 3.89. The molecular formula is C9H13BrN2. The normalized spacial score (nSPS) is 10.4. The Kier molecular flexibility index (Phi) is 3.09. The summed E-state index contributed by atoms with van der Waals surface area (Å²) in [6.07, 6.45) is 3.62. The van der Waals surface area contributed by atoms with Crippen LogP contribution in [0.25, 0.3) is 0 Å². The van der Waals surface area contributed by atoms with Crippen LogP contribution in [0.15, 0.2) is 22.9 Å². The topological polar surface area (TPSA) is 16.1 Å². The van der Waals surface area contributed by atoms with Crippen molar-refractivity contribution in [2.45, 2.75) is 19.9 Å². The first-order chi connectivity index (χ1) is 5.63. The highest BCUT2D eigenvalue weighted by atomic mass is 79.9. The van der Waals surface area contributed by atoms with Crippen LogP contribution in [-0.4, -0.2) is 18.1 Å². The average molecular weight is 229 g/mol. The molecule has 0 aliphatic heterocycles. The lowest BCUT2D eigenvalue weighted by Gasteiger charge is -2.24. The molecule has 0 saturated carbocycles. The lowest BCUT2D eigenvalue weighted by Crippen LogP contribution is -2.25. The maximum Gasteiger partial charge on any atom is 0.0592 e. The summed E-state index contributed by atoms with van der Waals surface area (Å²) in [6, 6.07) is 2.51. The summed E-state index contributed by atoms with van der Waals surface area (Å²) in [6.45, 7) is 4.32. The van der Waals surface area contributed by atoms with Crippen molar-refractivity contribution in [2.75, 3.05) is 11.9 Å². The fraction of sp³-hybridized carbons (Fsp3) is 0.444. The monoisotopic (exact) mass is 228 g/mol. The zero-order valence-electron chi connectivity index (χ0n) is 7.58. The Labute approximate surface area is 81.7 Å². The van der Waals surface area contributed by atoms with Crippen LogP contribution in [0.3, 0.4) is 0 Å². The number of halogens is 1. The predicted octanol–water partition coefficient (Wildman–Crippen LogP) is 2.69. The molecule has 0 spiro atoms. The third kappa shape index (κ3) is 1.97. The summed E-state index contributed by atoms with van der Waals surface area (Å²) in [7, 11) is 2.07. The molecule has 0 atom stereocenters. The van der Waals surface area contributed by atoms with E-state index in [1.165, 1.54) is 5.69 Å². The Morgan fingerprint density at radius 3 is 2.67 bits per heavy atom. The molecule has 0 unspecified atom stereocenters. The highest BCUT2D eigenvalue weighted by Gasteiger charge is 2.07. The third-order valence-electron chi connectivity index (χ3n) is 1.91. The molecule has 1 rings (SSSR count). The van der Waals surface area contributed by atoms with Gasteiger partial charge in [-0.25, -0.2) is 0 Å². The minimum atomic E-state index is 0.503. The largest absolute Gasteiger partial charge is 0.371 e. The van der Waals surface area contributed by atoms with Crippen LogP contribution >= 0.6 is 15.9 Å². The summed E-state index contributed by atoms with van der Waals surface area (Å²) >= 11 is 3.46. The molecule has 0 bridgehead atoms. The molecule has 0 N–H and O–H groups in total. The Hall–Kier alpha value is -0.570. The van der Waals surface area contributed by atoms with Gasteiger partial charge in [0.25, 0.3) is 0 Å². The molecule has 0 aliphatic rings. The molecule has 3 heteroatoms. The quantitative estimate of drug-likeness (QED) is 0.775. The van der Waals surface area contributed by atoms with Gasteiger partial charge in [0, 0.05) is 25.5 Å². The van der Waals surface area contributed by atoms with Gasteiger partial charge in [-0.05, 0) is 35.8 Å². The fourth-order valence-corrected chi connectivity index (χ4v) is 1.46. The van der Waals surface area contributed by atoms with Crippen molar-refractivity contribution in [2.24, 2.45) is 0 Å². The van der Waals surface area contributed by atoms with Gasteiger partial charge in [-0.15, -0.1) is 0 Å². The first kappa shape index (κ1) is 9.52. The highest BCUT2D eigenvalue weighted by molar-refractivity contribution is 9.10. The van der Waals surface area contributed by atoms with Crippen LogP contribution in [-0.2, 0) is 0 Å². The van der Waals surface area contributed by atoms with Gasteiger partial charge in [-0.1, -0.05) is 0 Å². The van der Waals surface area contributed by atoms with Crippen LogP contribution in [0, 0.1) is 0 Å². The maximum atomic E-state index is 4.01. The van der Waals surface area contributed by atoms with Crippen LogP contribution in [0.2, 0.25) is 0 Å². The summed E-state index contributed by atoms with van der Waals surface area (Å²) in [5.41, 5.74) is 1.18. The molecule has 1 aromatic rings. The second-order valence-electron chi connectivity index (χ2n) is 3.03. The van der Waals surface area contributed by atoms with E-state index in [4.69, 9.17) is 0 Å². The SMILES string of the molecule is CC(C)N(C)c1ccncc1Br. The molecule has 1 aromatic heterocycles. The van der Waals surface area contributed by atoms with Gasteiger partial charge in [-0.3, -0.25) is 4.98 Å². The summed E-state index contributed by atoms with van der Waals surface area (Å²) in [4.78, 5) is 6.21. The van der Waals surface area contributed by atoms with Crippen LogP contribution < -0.4 is 4.90 Å². The van der Waals surface area contributed by atoms with Crippen molar-refractivity contribution in [3.8, 4) is 0 Å². The molecule has 1 heterocycles. The molecular weight excluding hydrogens is 216 g/mol. The van der Waals surface area contributed by atoms with E-state index in [0.29, 0.717) is 6.04 Å². The van der Waals surface area contributed by atoms with E-state index in [1.807, 2.05) is 12.3 Å². The molecule has 0 saturated heterocycles. The number of hydrogen-bond donors (Lipinski definition) is 0. The van der Waals surface area contributed by atoms with Crippen molar-refractivity contribution in [3.05, 3.63) is 22.9 Å². The number of anilines is 1. The number of hydrogen-bond acceptors (Lipinski definition) is 2. The van der Waals surface area contributed by atoms with Crippen molar-refractivity contribution < 1.29 is 0 Å².